The average Bonchev–Trinajstić information content (AvgIpc) is 2.40. The topological polar surface area (TPSA) is 86.0 Å². The van der Waals surface area contributed by atoms with Gasteiger partial charge < -0.3 is 10.1 Å². The number of benzene rings is 1. The molecule has 0 bridgehead atoms. The summed E-state index contributed by atoms with van der Waals surface area (Å²) in [6.07, 6.45) is 4.42. The van der Waals surface area contributed by atoms with E-state index in [-0.39, 0.29) is 0 Å². The summed E-state index contributed by atoms with van der Waals surface area (Å²) in [5.41, 5.74) is 0.460. The quantitative estimate of drug-likeness (QED) is 0.767. The van der Waals surface area contributed by atoms with Crippen LogP contribution in [0.4, 0.5) is 0 Å². The van der Waals surface area contributed by atoms with E-state index in [1.165, 1.54) is 12.3 Å². The number of phenolic OH excluding ortho intramolecular Hbond substituents is 1. The van der Waals surface area contributed by atoms with E-state index in [2.05, 4.69) is 23.1 Å². The monoisotopic (exact) mass is 258 g/mol. The molecule has 0 aliphatic heterocycles. The lowest BCUT2D eigenvalue weighted by Crippen LogP contribution is -2.22. The summed E-state index contributed by atoms with van der Waals surface area (Å²) in [6.45, 7) is 6.96. The van der Waals surface area contributed by atoms with Crippen LogP contribution in [-0.4, -0.2) is 15.1 Å². The van der Waals surface area contributed by atoms with Gasteiger partial charge in [-0.15, -0.1) is 0 Å². The second-order valence-electron chi connectivity index (χ2n) is 3.53. The zero-order chi connectivity index (χ0) is 14.3. The van der Waals surface area contributed by atoms with Crippen LogP contribution in [0.15, 0.2) is 53.2 Å². The van der Waals surface area contributed by atoms with Crippen molar-refractivity contribution < 1.29 is 5.11 Å². The van der Waals surface area contributed by atoms with Crippen LogP contribution in [0.2, 0.25) is 0 Å². The van der Waals surface area contributed by atoms with Crippen molar-refractivity contribution in [2.24, 2.45) is 0 Å². The standard InChI is InChI=1S/C8H8O.C6H6N2O2/c1-2-7-3-5-8(9)6-4-7;1-2-4-3-7-6(10)8-5(4)9/h2-6,9H,1H2;2-3H,1H2,(H2,7,8,9,10). The predicted molar refractivity (Wildman–Crippen MR) is 76.0 cm³/mol. The summed E-state index contributed by atoms with van der Waals surface area (Å²) < 4.78 is 0. The molecule has 19 heavy (non-hydrogen) atoms. The maximum absolute atomic E-state index is 10.7. The van der Waals surface area contributed by atoms with Crippen LogP contribution in [0, 0.1) is 0 Å². The first-order valence-corrected chi connectivity index (χ1v) is 5.42. The highest BCUT2D eigenvalue weighted by molar-refractivity contribution is 5.47. The highest BCUT2D eigenvalue weighted by Crippen LogP contribution is 2.09. The molecule has 5 heteroatoms. The van der Waals surface area contributed by atoms with Gasteiger partial charge >= 0.3 is 5.69 Å². The fraction of sp³-hybridized carbons (Fsp3) is 0. The molecule has 0 aliphatic carbocycles. The highest BCUT2D eigenvalue weighted by atomic mass is 16.3. The average molecular weight is 258 g/mol. The molecular formula is C14H14N2O3. The first-order valence-electron chi connectivity index (χ1n) is 5.42. The lowest BCUT2D eigenvalue weighted by molar-refractivity contribution is 0.475. The SMILES string of the molecule is C=Cc1c[nH]c(=O)[nH]c1=O.C=Cc1ccc(O)cc1. The number of H-pyrrole nitrogens is 2. The Labute approximate surface area is 109 Å². The molecule has 98 valence electrons. The van der Waals surface area contributed by atoms with Gasteiger partial charge in [-0.2, -0.15) is 0 Å². The van der Waals surface area contributed by atoms with Crippen molar-refractivity contribution in [2.45, 2.75) is 0 Å². The van der Waals surface area contributed by atoms with Gasteiger partial charge in [-0.1, -0.05) is 37.4 Å². The van der Waals surface area contributed by atoms with Gasteiger partial charge in [0.2, 0.25) is 0 Å². The Morgan fingerprint density at radius 3 is 2.16 bits per heavy atom. The molecule has 0 atom stereocenters. The molecule has 0 aliphatic rings. The molecular weight excluding hydrogens is 244 g/mol. The van der Waals surface area contributed by atoms with Crippen molar-refractivity contribution in [1.82, 2.24) is 9.97 Å². The molecule has 0 radical (unpaired) electrons. The third-order valence-corrected chi connectivity index (χ3v) is 2.20. The van der Waals surface area contributed by atoms with Crippen LogP contribution in [0.1, 0.15) is 11.1 Å². The number of hydrogen-bond donors (Lipinski definition) is 3. The Morgan fingerprint density at radius 1 is 1.05 bits per heavy atom. The Hall–Kier alpha value is -2.82. The highest BCUT2D eigenvalue weighted by Gasteiger charge is 1.91. The second-order valence-corrected chi connectivity index (χ2v) is 3.53. The summed E-state index contributed by atoms with van der Waals surface area (Å²) >= 11 is 0. The fourth-order valence-corrected chi connectivity index (χ4v) is 1.18. The van der Waals surface area contributed by atoms with Crippen LogP contribution in [0.3, 0.4) is 0 Å². The molecule has 0 fully saturated rings. The molecule has 3 N–H and O–H groups in total. The fourth-order valence-electron chi connectivity index (χ4n) is 1.18. The maximum Gasteiger partial charge on any atom is 0.325 e. The van der Waals surface area contributed by atoms with Gasteiger partial charge in [0, 0.05) is 6.20 Å². The number of aromatic hydroxyl groups is 1. The van der Waals surface area contributed by atoms with E-state index in [0.717, 1.165) is 5.56 Å². The number of phenols is 1. The normalized spacial score (nSPS) is 9.05. The van der Waals surface area contributed by atoms with E-state index in [9.17, 15) is 9.59 Å². The molecule has 5 nitrogen and oxygen atoms in total. The molecule has 0 unspecified atom stereocenters. The van der Waals surface area contributed by atoms with Gasteiger partial charge in [0.15, 0.2) is 0 Å². The molecule has 0 saturated carbocycles. The predicted octanol–water partition coefficient (Wildman–Crippen LogP) is 1.74. The Kier molecular flexibility index (Phi) is 5.10. The Balaban J connectivity index is 0.000000191. The molecule has 2 rings (SSSR count). The molecule has 2 aromatic rings. The lowest BCUT2D eigenvalue weighted by Gasteiger charge is -1.90. The third-order valence-electron chi connectivity index (χ3n) is 2.20. The minimum atomic E-state index is -0.504. The van der Waals surface area contributed by atoms with Crippen LogP contribution in [0.25, 0.3) is 12.2 Å². The number of aromatic amines is 2. The summed E-state index contributed by atoms with van der Waals surface area (Å²) in [7, 11) is 0. The van der Waals surface area contributed by atoms with Gasteiger partial charge in [-0.25, -0.2) is 4.79 Å². The van der Waals surface area contributed by atoms with Crippen LogP contribution < -0.4 is 11.2 Å². The van der Waals surface area contributed by atoms with Crippen molar-refractivity contribution in [3.63, 3.8) is 0 Å². The maximum atomic E-state index is 10.7. The van der Waals surface area contributed by atoms with Gasteiger partial charge in [-0.05, 0) is 17.7 Å². The minimum Gasteiger partial charge on any atom is -0.508 e. The molecule has 1 aromatic carbocycles. The largest absolute Gasteiger partial charge is 0.508 e. The van der Waals surface area contributed by atoms with E-state index >= 15 is 0 Å². The van der Waals surface area contributed by atoms with E-state index in [0.29, 0.717) is 11.3 Å². The number of aromatic nitrogens is 2. The van der Waals surface area contributed by atoms with Gasteiger partial charge in [0.1, 0.15) is 5.75 Å². The second kappa shape index (κ2) is 6.80. The van der Waals surface area contributed by atoms with Gasteiger partial charge in [0.25, 0.3) is 5.56 Å². The van der Waals surface area contributed by atoms with Gasteiger partial charge in [0.05, 0.1) is 5.56 Å². The summed E-state index contributed by atoms with van der Waals surface area (Å²) in [5, 5.41) is 8.82. The van der Waals surface area contributed by atoms with E-state index in [1.54, 1.807) is 18.2 Å². The Morgan fingerprint density at radius 2 is 1.68 bits per heavy atom. The van der Waals surface area contributed by atoms with Crippen LogP contribution >= 0.6 is 0 Å². The molecule has 0 amide bonds. The van der Waals surface area contributed by atoms with E-state index in [1.807, 2.05) is 12.1 Å². The number of nitrogens with one attached hydrogen (secondary N) is 2. The Bertz CT molecular complexity index is 666. The van der Waals surface area contributed by atoms with Crippen molar-refractivity contribution in [2.75, 3.05) is 0 Å². The molecule has 1 aromatic heterocycles. The van der Waals surface area contributed by atoms with Crippen molar-refractivity contribution in [3.05, 3.63) is 75.6 Å². The van der Waals surface area contributed by atoms with Crippen molar-refractivity contribution in [3.8, 4) is 5.75 Å². The summed E-state index contributed by atoms with van der Waals surface area (Å²) in [4.78, 5) is 25.5. The summed E-state index contributed by atoms with van der Waals surface area (Å²) in [6, 6.07) is 6.89. The lowest BCUT2D eigenvalue weighted by atomic mass is 10.2. The van der Waals surface area contributed by atoms with Crippen molar-refractivity contribution in [1.29, 1.82) is 0 Å². The third kappa shape index (κ3) is 4.51. The van der Waals surface area contributed by atoms with Crippen molar-refractivity contribution >= 4 is 12.2 Å². The van der Waals surface area contributed by atoms with E-state index in [4.69, 9.17) is 5.11 Å². The van der Waals surface area contributed by atoms with E-state index < -0.39 is 11.2 Å². The number of hydrogen-bond acceptors (Lipinski definition) is 3. The smallest absolute Gasteiger partial charge is 0.325 e. The molecule has 0 spiro atoms. The first-order chi connectivity index (χ1) is 9.06. The zero-order valence-electron chi connectivity index (χ0n) is 10.2. The molecule has 0 saturated heterocycles. The first kappa shape index (κ1) is 14.2. The molecule has 1 heterocycles. The van der Waals surface area contributed by atoms with Crippen LogP contribution in [-0.2, 0) is 0 Å². The zero-order valence-corrected chi connectivity index (χ0v) is 10.2. The number of rotatable bonds is 2. The minimum absolute atomic E-state index is 0.292. The summed E-state index contributed by atoms with van der Waals surface area (Å²) in [5.74, 6) is 0.292. The van der Waals surface area contributed by atoms with Crippen LogP contribution in [0.5, 0.6) is 5.75 Å². The van der Waals surface area contributed by atoms with Gasteiger partial charge in [-0.3, -0.25) is 9.78 Å².